The minimum atomic E-state index is -4.29. The fourth-order valence-corrected chi connectivity index (χ4v) is 6.75. The summed E-state index contributed by atoms with van der Waals surface area (Å²) >= 11 is 0. The van der Waals surface area contributed by atoms with Gasteiger partial charge in [0.25, 0.3) is 0 Å². The van der Waals surface area contributed by atoms with Crippen LogP contribution in [0.4, 0.5) is 0 Å². The molecule has 0 saturated heterocycles. The lowest BCUT2D eigenvalue weighted by Gasteiger charge is -2.24. The number of phosphoric acid groups is 1. The Bertz CT molecular complexity index is 962. The van der Waals surface area contributed by atoms with E-state index < -0.39 is 13.9 Å². The second-order valence-corrected chi connectivity index (χ2v) is 17.6. The van der Waals surface area contributed by atoms with Crippen molar-refractivity contribution in [2.24, 2.45) is 0 Å². The van der Waals surface area contributed by atoms with Gasteiger partial charge in [0.15, 0.2) is 6.10 Å². The Morgan fingerprint density at radius 3 is 1.57 bits per heavy atom. The standard InChI is InChI=1S/C45H86NO7P/c1-6-8-10-12-14-16-18-20-22-23-24-25-27-29-31-33-35-37-40-50-42-44(43-52-54(48,49)51-41-39-46(3,4)5)53-45(47)38-36-34-32-30-28-26-21-19-17-15-13-11-9-7-2/h13,15,19,21,37,40,44H,6-12,14,16-18,20,22-36,38-39,41-43H2,1-5H3/p+1/b15-13-,21-19-,40-37-/t44-/m1/s1. The number of ether oxygens (including phenoxy) is 2. The van der Waals surface area contributed by atoms with Crippen LogP contribution in [0.3, 0.4) is 0 Å². The minimum absolute atomic E-state index is 0.0438. The molecule has 0 bridgehead atoms. The van der Waals surface area contributed by atoms with Crippen LogP contribution in [0.25, 0.3) is 0 Å². The third-order valence-electron chi connectivity index (χ3n) is 9.52. The van der Waals surface area contributed by atoms with E-state index in [9.17, 15) is 14.3 Å². The van der Waals surface area contributed by atoms with Gasteiger partial charge in [0.2, 0.25) is 0 Å². The van der Waals surface area contributed by atoms with Crippen LogP contribution in [-0.4, -0.2) is 69.0 Å². The summed E-state index contributed by atoms with van der Waals surface area (Å²) in [5.41, 5.74) is 0. The summed E-state index contributed by atoms with van der Waals surface area (Å²) in [6.07, 6.45) is 45.6. The molecule has 1 N–H and O–H groups in total. The molecule has 0 aromatic carbocycles. The van der Waals surface area contributed by atoms with Crippen molar-refractivity contribution in [2.75, 3.05) is 47.5 Å². The molecular weight excluding hydrogens is 697 g/mol. The second kappa shape index (κ2) is 38.4. The van der Waals surface area contributed by atoms with Crippen molar-refractivity contribution in [1.82, 2.24) is 0 Å². The number of likely N-dealkylation sites (N-methyl/N-ethyl adjacent to an activating group) is 1. The maximum Gasteiger partial charge on any atom is 0.472 e. The van der Waals surface area contributed by atoms with Gasteiger partial charge in [-0.1, -0.05) is 167 Å². The molecule has 0 fully saturated rings. The summed E-state index contributed by atoms with van der Waals surface area (Å²) in [5, 5.41) is 0. The van der Waals surface area contributed by atoms with Crippen LogP contribution >= 0.6 is 7.82 Å². The number of esters is 1. The van der Waals surface area contributed by atoms with Crippen molar-refractivity contribution in [2.45, 2.75) is 200 Å². The van der Waals surface area contributed by atoms with Gasteiger partial charge in [0.05, 0.1) is 34.0 Å². The maximum absolute atomic E-state index is 12.7. The zero-order valence-corrected chi connectivity index (χ0v) is 36.9. The molecule has 318 valence electrons. The summed E-state index contributed by atoms with van der Waals surface area (Å²) in [6.45, 7) is 4.89. The lowest BCUT2D eigenvalue weighted by molar-refractivity contribution is -0.870. The summed E-state index contributed by atoms with van der Waals surface area (Å²) in [6, 6.07) is 0. The summed E-state index contributed by atoms with van der Waals surface area (Å²) in [4.78, 5) is 22.8. The van der Waals surface area contributed by atoms with Gasteiger partial charge < -0.3 is 18.9 Å². The number of carbonyl (C=O) groups is 1. The van der Waals surface area contributed by atoms with Crippen molar-refractivity contribution < 1.29 is 37.3 Å². The summed E-state index contributed by atoms with van der Waals surface area (Å²) in [7, 11) is 1.63. The number of quaternary nitrogens is 1. The van der Waals surface area contributed by atoms with Crippen molar-refractivity contribution in [1.29, 1.82) is 0 Å². The van der Waals surface area contributed by atoms with Crippen LogP contribution in [0.2, 0.25) is 0 Å². The summed E-state index contributed by atoms with van der Waals surface area (Å²) in [5.74, 6) is -0.349. The third-order valence-corrected chi connectivity index (χ3v) is 10.5. The molecule has 1 unspecified atom stereocenters. The average molecular weight is 785 g/mol. The Balaban J connectivity index is 4.27. The van der Waals surface area contributed by atoms with Crippen LogP contribution < -0.4 is 0 Å². The van der Waals surface area contributed by atoms with Gasteiger partial charge >= 0.3 is 13.8 Å². The lowest BCUT2D eigenvalue weighted by Crippen LogP contribution is -2.37. The number of hydrogen-bond donors (Lipinski definition) is 1. The number of hydrogen-bond acceptors (Lipinski definition) is 6. The molecule has 0 amide bonds. The van der Waals surface area contributed by atoms with Crippen LogP contribution in [0.5, 0.6) is 0 Å². The van der Waals surface area contributed by atoms with E-state index in [0.29, 0.717) is 17.4 Å². The van der Waals surface area contributed by atoms with Gasteiger partial charge in [-0.2, -0.15) is 0 Å². The van der Waals surface area contributed by atoms with Gasteiger partial charge in [0.1, 0.15) is 19.8 Å². The highest BCUT2D eigenvalue weighted by molar-refractivity contribution is 7.47. The smallest absolute Gasteiger partial charge is 0.472 e. The quantitative estimate of drug-likeness (QED) is 0.0165. The number of allylic oxidation sites excluding steroid dienone is 5. The van der Waals surface area contributed by atoms with Gasteiger partial charge in [0, 0.05) is 6.42 Å². The highest BCUT2D eigenvalue weighted by atomic mass is 31.2. The number of carbonyl (C=O) groups excluding carboxylic acids is 1. The van der Waals surface area contributed by atoms with E-state index in [1.165, 1.54) is 116 Å². The van der Waals surface area contributed by atoms with E-state index in [4.69, 9.17) is 18.5 Å². The van der Waals surface area contributed by atoms with Gasteiger partial charge in [-0.25, -0.2) is 4.57 Å². The Morgan fingerprint density at radius 1 is 0.593 bits per heavy atom. The molecule has 54 heavy (non-hydrogen) atoms. The van der Waals surface area contributed by atoms with E-state index in [2.05, 4.69) is 38.2 Å². The fraction of sp³-hybridized carbons (Fsp3) is 0.844. The highest BCUT2D eigenvalue weighted by Gasteiger charge is 2.26. The zero-order valence-electron chi connectivity index (χ0n) is 36.0. The Hall–Kier alpha value is -1.44. The SMILES string of the molecule is CCCC/C=C\C/C=C\CCCCCCCC(=O)O[C@H](CO/C=C\CCCCCCCCCCCCCCCCCC)COP(=O)(O)OCC[N+](C)(C)C. The summed E-state index contributed by atoms with van der Waals surface area (Å²) < 4.78 is 34.7. The normalized spacial score (nSPS) is 14.0. The first-order valence-electron chi connectivity index (χ1n) is 22.3. The number of rotatable bonds is 41. The van der Waals surface area contributed by atoms with Crippen LogP contribution in [0.1, 0.15) is 194 Å². The molecule has 0 rings (SSSR count). The molecule has 0 saturated carbocycles. The van der Waals surface area contributed by atoms with Gasteiger partial charge in [-0.05, 0) is 51.0 Å². The van der Waals surface area contributed by atoms with E-state index in [1.807, 2.05) is 27.2 Å². The molecule has 0 aliphatic carbocycles. The second-order valence-electron chi connectivity index (χ2n) is 16.1. The maximum atomic E-state index is 12.7. The van der Waals surface area contributed by atoms with Crippen molar-refractivity contribution in [3.63, 3.8) is 0 Å². The first kappa shape index (κ1) is 52.6. The lowest BCUT2D eigenvalue weighted by atomic mass is 10.0. The Kier molecular flexibility index (Phi) is 37.4. The van der Waals surface area contributed by atoms with Crippen molar-refractivity contribution >= 4 is 13.8 Å². The topological polar surface area (TPSA) is 91.3 Å². The number of unbranched alkanes of at least 4 members (excludes halogenated alkanes) is 23. The molecule has 0 spiro atoms. The van der Waals surface area contributed by atoms with Gasteiger partial charge in [-0.15, -0.1) is 0 Å². The highest BCUT2D eigenvalue weighted by Crippen LogP contribution is 2.43. The van der Waals surface area contributed by atoms with E-state index in [1.54, 1.807) is 6.26 Å². The molecular formula is C45H87NO7P+. The van der Waals surface area contributed by atoms with E-state index in [0.717, 1.165) is 57.8 Å². The Labute approximate surface area is 334 Å². The average Bonchev–Trinajstić information content (AvgIpc) is 3.12. The molecule has 0 aliphatic rings. The number of phosphoric ester groups is 1. The van der Waals surface area contributed by atoms with Crippen LogP contribution in [0, 0.1) is 0 Å². The van der Waals surface area contributed by atoms with Crippen molar-refractivity contribution in [3.8, 4) is 0 Å². The molecule has 8 nitrogen and oxygen atoms in total. The monoisotopic (exact) mass is 785 g/mol. The molecule has 0 aromatic rings. The van der Waals surface area contributed by atoms with E-state index in [-0.39, 0.29) is 25.8 Å². The number of nitrogens with zero attached hydrogens (tertiary/aromatic N) is 1. The van der Waals surface area contributed by atoms with Gasteiger partial charge in [-0.3, -0.25) is 13.8 Å². The molecule has 0 radical (unpaired) electrons. The predicted octanol–water partition coefficient (Wildman–Crippen LogP) is 13.3. The molecule has 9 heteroatoms. The third kappa shape index (κ3) is 41.7. The Morgan fingerprint density at radius 2 is 1.06 bits per heavy atom. The largest absolute Gasteiger partial charge is 0.498 e. The molecule has 0 aliphatic heterocycles. The molecule has 0 heterocycles. The zero-order chi connectivity index (χ0) is 39.9. The first-order valence-corrected chi connectivity index (χ1v) is 23.8. The van der Waals surface area contributed by atoms with Crippen LogP contribution in [0.15, 0.2) is 36.6 Å². The molecule has 2 atom stereocenters. The first-order chi connectivity index (χ1) is 26.1. The van der Waals surface area contributed by atoms with Crippen molar-refractivity contribution in [3.05, 3.63) is 36.6 Å². The fourth-order valence-electron chi connectivity index (χ4n) is 6.01. The minimum Gasteiger partial charge on any atom is -0.498 e. The van der Waals surface area contributed by atoms with Crippen LogP contribution in [-0.2, 0) is 27.9 Å². The van der Waals surface area contributed by atoms with E-state index >= 15 is 0 Å². The predicted molar refractivity (Wildman–Crippen MR) is 229 cm³/mol. The molecule has 0 aromatic heterocycles.